The molecule has 0 saturated carbocycles. The second kappa shape index (κ2) is 18.1. The van der Waals surface area contributed by atoms with Crippen molar-refractivity contribution in [2.24, 2.45) is 5.92 Å². The van der Waals surface area contributed by atoms with Gasteiger partial charge >= 0.3 is 12.1 Å². The van der Waals surface area contributed by atoms with Gasteiger partial charge in [0.2, 0.25) is 0 Å². The Bertz CT molecular complexity index is 2620. The van der Waals surface area contributed by atoms with E-state index in [1.165, 1.54) is 40.4 Å². The van der Waals surface area contributed by atoms with Gasteiger partial charge < -0.3 is 30.4 Å². The summed E-state index contributed by atoms with van der Waals surface area (Å²) >= 11 is 11.6. The van der Waals surface area contributed by atoms with E-state index in [1.54, 1.807) is 45.2 Å². The third-order valence-electron chi connectivity index (χ3n) is 9.30. The number of aromatic nitrogens is 2. The first-order chi connectivity index (χ1) is 27.4. The van der Waals surface area contributed by atoms with Gasteiger partial charge in [0, 0.05) is 48.4 Å². The zero-order chi connectivity index (χ0) is 42.6. The first kappa shape index (κ1) is 43.2. The van der Waals surface area contributed by atoms with Gasteiger partial charge in [-0.1, -0.05) is 43.1 Å². The van der Waals surface area contributed by atoms with Crippen molar-refractivity contribution in [1.82, 2.24) is 19.8 Å². The van der Waals surface area contributed by atoms with Gasteiger partial charge in [-0.15, -0.1) is 0 Å². The Hall–Kier alpha value is -5.93. The number of hydrogen-bond acceptors (Lipinski definition) is 4. The van der Waals surface area contributed by atoms with E-state index in [-0.39, 0.29) is 32.5 Å². The summed E-state index contributed by atoms with van der Waals surface area (Å²) in [6, 6.07) is 12.3. The number of pyridine rings is 2. The Morgan fingerprint density at radius 3 is 1.86 bits per heavy atom. The van der Waals surface area contributed by atoms with E-state index in [4.69, 9.17) is 23.2 Å². The first-order valence-corrected chi connectivity index (χ1v) is 18.4. The molecule has 304 valence electrons. The summed E-state index contributed by atoms with van der Waals surface area (Å²) in [4.78, 5) is 57.3. The van der Waals surface area contributed by atoms with Crippen molar-refractivity contribution in [3.8, 4) is 0 Å². The van der Waals surface area contributed by atoms with E-state index in [1.807, 2.05) is 13.8 Å². The molecule has 0 aliphatic rings. The van der Waals surface area contributed by atoms with Crippen molar-refractivity contribution in [3.63, 3.8) is 0 Å². The van der Waals surface area contributed by atoms with Crippen LogP contribution in [0.15, 0.2) is 88.7 Å². The van der Waals surface area contributed by atoms with E-state index < -0.39 is 64.4 Å². The molecule has 10 nitrogen and oxygen atoms in total. The molecular formula is C41H37Cl2F5N6O4. The number of nitrogens with zero attached hydrogens (tertiary/aromatic N) is 2. The zero-order valence-electron chi connectivity index (χ0n) is 31.6. The highest BCUT2D eigenvalue weighted by atomic mass is 35.5. The van der Waals surface area contributed by atoms with E-state index in [2.05, 4.69) is 20.6 Å². The standard InChI is InChI=1S/C22H21ClF3N3O2.C19H16ClF2N3O2/c1-11(2)10-29(22(31)28-14-4-5-18(25)17(23)8-14)12(3)16-9-27-21(30)20-15(16)6-13(24)7-19(20)26;1-10(25(2)19(27)24-12-5-3-11(20)4-6-12)14-9-23-18(26)16-13(14)7-8-15(21)17(16)22/h4-9,11-12H,10H2,1-3H3,(H,27,30)(H,28,31);3-10H,1-2H3,(H,23,26)(H,24,27). The molecule has 6 rings (SSSR count). The Morgan fingerprint density at radius 2 is 1.24 bits per heavy atom. The maximum Gasteiger partial charge on any atom is 0.322 e. The average Bonchev–Trinajstić information content (AvgIpc) is 3.17. The maximum atomic E-state index is 14.3. The fourth-order valence-corrected chi connectivity index (χ4v) is 6.51. The summed E-state index contributed by atoms with van der Waals surface area (Å²) in [5, 5.41) is 5.47. The molecule has 4 N–H and O–H groups in total. The number of benzene rings is 4. The highest BCUT2D eigenvalue weighted by Gasteiger charge is 2.26. The molecule has 0 radical (unpaired) electrons. The van der Waals surface area contributed by atoms with Crippen molar-refractivity contribution >= 4 is 68.2 Å². The second-order valence-corrected chi connectivity index (χ2v) is 14.6. The monoisotopic (exact) mass is 842 g/mol. The molecular weight excluding hydrogens is 806 g/mol. The van der Waals surface area contributed by atoms with Crippen LogP contribution in [0.4, 0.5) is 42.9 Å². The lowest BCUT2D eigenvalue weighted by Crippen LogP contribution is -2.39. The van der Waals surface area contributed by atoms with Crippen LogP contribution < -0.4 is 21.8 Å². The first-order valence-electron chi connectivity index (χ1n) is 17.7. The van der Waals surface area contributed by atoms with Crippen LogP contribution in [0.5, 0.6) is 0 Å². The number of nitrogens with one attached hydrogen (secondary N) is 4. The fourth-order valence-electron chi connectivity index (χ4n) is 6.20. The van der Waals surface area contributed by atoms with E-state index >= 15 is 0 Å². The number of carbonyl (C=O) groups excluding carboxylic acids is 2. The lowest BCUT2D eigenvalue weighted by Gasteiger charge is -2.31. The molecule has 0 spiro atoms. The minimum atomic E-state index is -1.21. The number of H-pyrrole nitrogens is 2. The molecule has 0 aliphatic heterocycles. The van der Waals surface area contributed by atoms with E-state index in [0.717, 1.165) is 18.2 Å². The highest BCUT2D eigenvalue weighted by Crippen LogP contribution is 2.31. The molecule has 0 saturated heterocycles. The third-order valence-corrected chi connectivity index (χ3v) is 9.84. The summed E-state index contributed by atoms with van der Waals surface area (Å²) < 4.78 is 69.2. The summed E-state index contributed by atoms with van der Waals surface area (Å²) in [7, 11) is 1.56. The number of carbonyl (C=O) groups is 2. The predicted molar refractivity (Wildman–Crippen MR) is 216 cm³/mol. The van der Waals surface area contributed by atoms with Crippen LogP contribution in [0.2, 0.25) is 10.0 Å². The number of rotatable bonds is 8. The Morgan fingerprint density at radius 1 is 0.672 bits per heavy atom. The van der Waals surface area contributed by atoms with Crippen LogP contribution in [-0.2, 0) is 0 Å². The highest BCUT2D eigenvalue weighted by molar-refractivity contribution is 6.31. The Balaban J connectivity index is 0.000000223. The average molecular weight is 844 g/mol. The van der Waals surface area contributed by atoms with Crippen LogP contribution in [0, 0.1) is 35.0 Å². The van der Waals surface area contributed by atoms with Crippen LogP contribution in [-0.4, -0.2) is 45.4 Å². The number of hydrogen-bond donors (Lipinski definition) is 4. The molecule has 4 amide bonds. The minimum Gasteiger partial charge on any atom is -0.328 e. The second-order valence-electron chi connectivity index (χ2n) is 13.7. The summed E-state index contributed by atoms with van der Waals surface area (Å²) in [6.45, 7) is 7.53. The fraction of sp³-hybridized carbons (Fsp3) is 0.220. The summed E-state index contributed by atoms with van der Waals surface area (Å²) in [5.74, 6) is -4.68. The van der Waals surface area contributed by atoms with Gasteiger partial charge in [0.1, 0.15) is 17.5 Å². The molecule has 0 bridgehead atoms. The SMILES string of the molecule is CC(C)CN(C(=O)Nc1ccc(F)c(Cl)c1)C(C)c1c[nH]c(=O)c2c(F)cc(F)cc12.CC(c1c[nH]c(=O)c2c(F)c(F)ccc12)N(C)C(=O)Nc1ccc(Cl)cc1. The van der Waals surface area contributed by atoms with Crippen LogP contribution in [0.1, 0.15) is 50.9 Å². The van der Waals surface area contributed by atoms with Gasteiger partial charge in [0.15, 0.2) is 11.6 Å². The topological polar surface area (TPSA) is 130 Å². The van der Waals surface area contributed by atoms with Gasteiger partial charge in [0.25, 0.3) is 11.1 Å². The number of amides is 4. The molecule has 58 heavy (non-hydrogen) atoms. The third kappa shape index (κ3) is 9.60. The lowest BCUT2D eigenvalue weighted by atomic mass is 10.00. The molecule has 0 fully saturated rings. The number of halogens is 7. The van der Waals surface area contributed by atoms with Gasteiger partial charge in [-0.05, 0) is 96.3 Å². The van der Waals surface area contributed by atoms with Crippen molar-refractivity contribution in [2.45, 2.75) is 39.8 Å². The molecule has 2 heterocycles. The zero-order valence-corrected chi connectivity index (χ0v) is 33.1. The molecule has 2 aromatic heterocycles. The van der Waals surface area contributed by atoms with Crippen molar-refractivity contribution < 1.29 is 31.5 Å². The van der Waals surface area contributed by atoms with Crippen LogP contribution in [0.25, 0.3) is 21.5 Å². The normalized spacial score (nSPS) is 12.2. The van der Waals surface area contributed by atoms with E-state index in [9.17, 15) is 41.1 Å². The van der Waals surface area contributed by atoms with Gasteiger partial charge in [-0.3, -0.25) is 9.59 Å². The minimum absolute atomic E-state index is 0.0625. The maximum absolute atomic E-state index is 14.3. The molecule has 17 heteroatoms. The quantitative estimate of drug-likeness (QED) is 0.114. The molecule has 4 aromatic carbocycles. The molecule has 2 atom stereocenters. The Labute approximate surface area is 338 Å². The molecule has 2 unspecified atom stereocenters. The smallest absolute Gasteiger partial charge is 0.322 e. The number of aromatic amines is 2. The van der Waals surface area contributed by atoms with E-state index in [0.29, 0.717) is 40.1 Å². The molecule has 6 aromatic rings. The number of anilines is 2. The Kier molecular flexibility index (Phi) is 13.5. The largest absolute Gasteiger partial charge is 0.328 e. The van der Waals surface area contributed by atoms with Gasteiger partial charge in [0.05, 0.1) is 27.9 Å². The van der Waals surface area contributed by atoms with Crippen molar-refractivity contribution in [3.05, 3.63) is 150 Å². The van der Waals surface area contributed by atoms with Gasteiger partial charge in [-0.2, -0.15) is 0 Å². The summed E-state index contributed by atoms with van der Waals surface area (Å²) in [6.07, 6.45) is 2.75. The number of fused-ring (bicyclic) bond motifs is 2. The van der Waals surface area contributed by atoms with Gasteiger partial charge in [-0.25, -0.2) is 31.5 Å². The number of urea groups is 2. The predicted octanol–water partition coefficient (Wildman–Crippen LogP) is 10.5. The van der Waals surface area contributed by atoms with Crippen molar-refractivity contribution in [2.75, 3.05) is 24.2 Å². The van der Waals surface area contributed by atoms with Crippen LogP contribution >= 0.6 is 23.2 Å². The lowest BCUT2D eigenvalue weighted by molar-refractivity contribution is 0.184. The molecule has 0 aliphatic carbocycles. The van der Waals surface area contributed by atoms with Crippen molar-refractivity contribution in [1.29, 1.82) is 0 Å². The summed E-state index contributed by atoms with van der Waals surface area (Å²) in [5.41, 5.74) is 0.289. The van der Waals surface area contributed by atoms with Crippen LogP contribution in [0.3, 0.4) is 0 Å².